The molecule has 0 saturated carbocycles. The summed E-state index contributed by atoms with van der Waals surface area (Å²) < 4.78 is 38.6. The molecule has 0 aliphatic carbocycles. The van der Waals surface area contributed by atoms with Crippen LogP contribution in [-0.2, 0) is 12.7 Å². The summed E-state index contributed by atoms with van der Waals surface area (Å²) >= 11 is 0. The van der Waals surface area contributed by atoms with Gasteiger partial charge in [-0.05, 0) is 65.4 Å². The Hall–Kier alpha value is -3.26. The third-order valence-corrected chi connectivity index (χ3v) is 5.19. The Bertz CT molecular complexity index is 1030. The number of hydrogen-bond acceptors (Lipinski definition) is 2. The number of rotatable bonds is 7. The van der Waals surface area contributed by atoms with Crippen molar-refractivity contribution in [2.75, 3.05) is 11.4 Å². The van der Waals surface area contributed by atoms with Gasteiger partial charge in [-0.1, -0.05) is 50.2 Å². The van der Waals surface area contributed by atoms with Gasteiger partial charge in [-0.25, -0.2) is 0 Å². The van der Waals surface area contributed by atoms with Crippen molar-refractivity contribution in [3.8, 4) is 17.2 Å². The van der Waals surface area contributed by atoms with E-state index >= 15 is 0 Å². The minimum absolute atomic E-state index is 0.543. The summed E-state index contributed by atoms with van der Waals surface area (Å²) in [6, 6.07) is 22.8. The van der Waals surface area contributed by atoms with Crippen LogP contribution in [-0.4, -0.2) is 6.54 Å². The predicted octanol–water partition coefficient (Wildman–Crippen LogP) is 7.30. The molecule has 0 aliphatic heterocycles. The number of halogens is 3. The molecule has 0 aliphatic rings. The van der Waals surface area contributed by atoms with Gasteiger partial charge < -0.3 is 4.90 Å². The molecule has 0 heterocycles. The maximum atomic E-state index is 12.9. The molecule has 160 valence electrons. The van der Waals surface area contributed by atoms with Gasteiger partial charge in [0.15, 0.2) is 0 Å². The van der Waals surface area contributed by atoms with Crippen LogP contribution in [0.5, 0.6) is 0 Å². The highest BCUT2D eigenvalue weighted by Crippen LogP contribution is 2.32. The van der Waals surface area contributed by atoms with Crippen molar-refractivity contribution in [2.45, 2.75) is 33.0 Å². The second kappa shape index (κ2) is 9.70. The van der Waals surface area contributed by atoms with E-state index in [9.17, 15) is 13.2 Å². The number of anilines is 1. The fourth-order valence-electron chi connectivity index (χ4n) is 3.35. The van der Waals surface area contributed by atoms with E-state index in [1.54, 1.807) is 0 Å². The Kier molecular flexibility index (Phi) is 7.02. The summed E-state index contributed by atoms with van der Waals surface area (Å²) in [6.07, 6.45) is -3.32. The zero-order valence-corrected chi connectivity index (χ0v) is 17.7. The first-order chi connectivity index (χ1) is 14.8. The van der Waals surface area contributed by atoms with E-state index in [0.29, 0.717) is 18.0 Å². The molecule has 31 heavy (non-hydrogen) atoms. The summed E-state index contributed by atoms with van der Waals surface area (Å²) in [7, 11) is 0. The largest absolute Gasteiger partial charge is 0.416 e. The van der Waals surface area contributed by atoms with Crippen LogP contribution in [0.2, 0.25) is 0 Å². The lowest BCUT2D eigenvalue weighted by Crippen LogP contribution is -2.25. The van der Waals surface area contributed by atoms with Gasteiger partial charge in [0.25, 0.3) is 0 Å². The van der Waals surface area contributed by atoms with E-state index in [1.807, 2.05) is 48.5 Å². The molecule has 0 N–H and O–H groups in total. The lowest BCUT2D eigenvalue weighted by molar-refractivity contribution is -0.137. The van der Waals surface area contributed by atoms with E-state index in [2.05, 4.69) is 24.8 Å². The fourth-order valence-corrected chi connectivity index (χ4v) is 3.35. The third kappa shape index (κ3) is 6.11. The number of nitrogens with zero attached hydrogens (tertiary/aromatic N) is 2. The highest BCUT2D eigenvalue weighted by molar-refractivity contribution is 5.69. The smallest absolute Gasteiger partial charge is 0.367 e. The monoisotopic (exact) mass is 422 g/mol. The van der Waals surface area contributed by atoms with E-state index < -0.39 is 11.7 Å². The summed E-state index contributed by atoms with van der Waals surface area (Å²) in [5.41, 5.74) is 3.72. The fraction of sp³-hybridized carbons (Fsp3) is 0.269. The zero-order valence-electron chi connectivity index (χ0n) is 17.7. The van der Waals surface area contributed by atoms with E-state index in [1.165, 1.54) is 12.1 Å². The van der Waals surface area contributed by atoms with Gasteiger partial charge in [0.2, 0.25) is 0 Å². The molecule has 0 spiro atoms. The van der Waals surface area contributed by atoms with E-state index in [0.717, 1.165) is 47.5 Å². The van der Waals surface area contributed by atoms with Gasteiger partial charge in [0.05, 0.1) is 17.2 Å². The van der Waals surface area contributed by atoms with E-state index in [4.69, 9.17) is 5.26 Å². The Balaban J connectivity index is 1.87. The summed E-state index contributed by atoms with van der Waals surface area (Å²) in [5, 5.41) is 9.01. The van der Waals surface area contributed by atoms with Gasteiger partial charge in [-0.3, -0.25) is 0 Å². The van der Waals surface area contributed by atoms with Gasteiger partial charge in [0.1, 0.15) is 0 Å². The summed E-state index contributed by atoms with van der Waals surface area (Å²) in [4.78, 5) is 2.27. The second-order valence-electron chi connectivity index (χ2n) is 8.04. The van der Waals surface area contributed by atoms with Gasteiger partial charge in [0, 0.05) is 18.8 Å². The predicted molar refractivity (Wildman–Crippen MR) is 119 cm³/mol. The Morgan fingerprint density at radius 2 is 1.58 bits per heavy atom. The molecule has 0 atom stereocenters. The number of nitriles is 1. The SMILES string of the molecule is CC(C)CCN(Cc1ccc(C#N)cc1)c1cccc(-c2ccc(C(F)(F)F)cc2)c1. The first-order valence-electron chi connectivity index (χ1n) is 10.3. The van der Waals surface area contributed by atoms with Gasteiger partial charge in [-0.2, -0.15) is 18.4 Å². The van der Waals surface area contributed by atoms with Crippen molar-refractivity contribution < 1.29 is 13.2 Å². The highest BCUT2D eigenvalue weighted by Gasteiger charge is 2.30. The van der Waals surface area contributed by atoms with Crippen LogP contribution >= 0.6 is 0 Å². The molecule has 0 radical (unpaired) electrons. The average molecular weight is 422 g/mol. The standard InChI is InChI=1S/C26H25F3N2/c1-19(2)14-15-31(18-21-8-6-20(17-30)7-9-21)25-5-3-4-23(16-25)22-10-12-24(13-11-22)26(27,28)29/h3-13,16,19H,14-15,18H2,1-2H3. The molecular weight excluding hydrogens is 397 g/mol. The van der Waals surface area contributed by atoms with Crippen molar-refractivity contribution in [1.82, 2.24) is 0 Å². The average Bonchev–Trinajstić information content (AvgIpc) is 2.76. The molecule has 5 heteroatoms. The van der Waals surface area contributed by atoms with Crippen molar-refractivity contribution in [2.24, 2.45) is 5.92 Å². The van der Waals surface area contributed by atoms with Crippen LogP contribution in [0.25, 0.3) is 11.1 Å². The number of hydrogen-bond donors (Lipinski definition) is 0. The zero-order chi connectivity index (χ0) is 22.4. The molecule has 0 aromatic heterocycles. The lowest BCUT2D eigenvalue weighted by atomic mass is 10.0. The maximum absolute atomic E-state index is 12.9. The molecular formula is C26H25F3N2. The van der Waals surface area contributed by atoms with Crippen LogP contribution in [0.3, 0.4) is 0 Å². The van der Waals surface area contributed by atoms with Crippen molar-refractivity contribution in [1.29, 1.82) is 5.26 Å². The van der Waals surface area contributed by atoms with Crippen LogP contribution in [0, 0.1) is 17.2 Å². The Morgan fingerprint density at radius 3 is 2.16 bits per heavy atom. The first kappa shape index (κ1) is 22.4. The first-order valence-corrected chi connectivity index (χ1v) is 10.3. The quantitative estimate of drug-likeness (QED) is 0.399. The highest BCUT2D eigenvalue weighted by atomic mass is 19.4. The molecule has 0 bridgehead atoms. The molecule has 2 nitrogen and oxygen atoms in total. The van der Waals surface area contributed by atoms with E-state index in [-0.39, 0.29) is 0 Å². The van der Waals surface area contributed by atoms with Gasteiger partial charge >= 0.3 is 6.18 Å². The lowest BCUT2D eigenvalue weighted by Gasteiger charge is -2.26. The third-order valence-electron chi connectivity index (χ3n) is 5.19. The van der Waals surface area contributed by atoms with Crippen molar-refractivity contribution >= 4 is 5.69 Å². The number of benzene rings is 3. The minimum atomic E-state index is -4.34. The van der Waals surface area contributed by atoms with Crippen LogP contribution in [0.4, 0.5) is 18.9 Å². The normalized spacial score (nSPS) is 11.4. The molecule has 3 aromatic rings. The molecule has 0 fully saturated rings. The molecule has 3 rings (SSSR count). The van der Waals surface area contributed by atoms with Crippen LogP contribution in [0.1, 0.15) is 37.0 Å². The van der Waals surface area contributed by atoms with Crippen molar-refractivity contribution in [3.63, 3.8) is 0 Å². The summed E-state index contributed by atoms with van der Waals surface area (Å²) in [5.74, 6) is 0.543. The Morgan fingerprint density at radius 1 is 0.903 bits per heavy atom. The van der Waals surface area contributed by atoms with Crippen LogP contribution < -0.4 is 4.90 Å². The maximum Gasteiger partial charge on any atom is 0.416 e. The molecule has 0 unspecified atom stereocenters. The topological polar surface area (TPSA) is 27.0 Å². The van der Waals surface area contributed by atoms with Crippen LogP contribution in [0.15, 0.2) is 72.8 Å². The molecule has 0 amide bonds. The number of alkyl halides is 3. The molecule has 0 saturated heterocycles. The Labute approximate surface area is 181 Å². The summed E-state index contributed by atoms with van der Waals surface area (Å²) in [6.45, 7) is 5.90. The van der Waals surface area contributed by atoms with Gasteiger partial charge in [-0.15, -0.1) is 0 Å². The molecule has 3 aromatic carbocycles. The second-order valence-corrected chi connectivity index (χ2v) is 8.04. The van der Waals surface area contributed by atoms with Crippen molar-refractivity contribution in [3.05, 3.63) is 89.5 Å². The minimum Gasteiger partial charge on any atom is -0.367 e.